The molecule has 1 amide bonds. The lowest BCUT2D eigenvalue weighted by atomic mass is 9.87. The van der Waals surface area contributed by atoms with Crippen LogP contribution in [0.15, 0.2) is 83.8 Å². The number of alkyl carbamates (subject to hydrolysis) is 1. The fraction of sp³-hybridized carbons (Fsp3) is 0.580. The van der Waals surface area contributed by atoms with E-state index in [1.165, 1.54) is 40.7 Å². The minimum atomic E-state index is -3.76. The number of carbonyl (C=O) groups excluding carboxylic acids is 1. The van der Waals surface area contributed by atoms with Crippen LogP contribution in [0.2, 0.25) is 0 Å². The molecule has 5 atom stereocenters. The highest BCUT2D eigenvalue weighted by molar-refractivity contribution is 7.89. The second-order valence-corrected chi connectivity index (χ2v) is 21.4. The average molecular weight is 978 g/mol. The van der Waals surface area contributed by atoms with E-state index >= 15 is 0 Å². The van der Waals surface area contributed by atoms with Gasteiger partial charge in [-0.1, -0.05) is 89.6 Å². The average Bonchev–Trinajstić information content (AvgIpc) is 3.92. The molecule has 0 aromatic heterocycles. The lowest BCUT2D eigenvalue weighted by molar-refractivity contribution is -0.385. The summed E-state index contributed by atoms with van der Waals surface area (Å²) in [6.45, 7) is 16.7. The summed E-state index contributed by atoms with van der Waals surface area (Å²) in [5.74, 6) is 0.205. The van der Waals surface area contributed by atoms with Gasteiger partial charge in [-0.25, -0.2) is 13.2 Å². The van der Waals surface area contributed by atoms with Gasteiger partial charge in [-0.3, -0.25) is 20.2 Å². The number of aliphatic hydroxyl groups is 1. The lowest BCUT2D eigenvalue weighted by Gasteiger charge is -2.33. The number of carbonyl (C=O) groups is 1. The second-order valence-electron chi connectivity index (χ2n) is 19.5. The first-order valence-electron chi connectivity index (χ1n) is 23.4. The molecule has 2 aliphatic rings. The topological polar surface area (TPSA) is 260 Å². The number of fused-ring (bicyclic) bond motifs is 1. The SMILES string of the molecule is CC(C)(CCCC#N)CNC[C@@H](O)[C@H](Cc1ccccc1)NC(=O)O[C@H]1CO[C@H]2OCC[C@H]21.CC(C)CN(CC(C)(C)CCCC#N)S(=O)(=O)c1ccc([N+](=O)[O-])cc1.Cc1ccc([N+](=O)[O-])cc1. The number of hydrogen-bond donors (Lipinski definition) is 3. The van der Waals surface area contributed by atoms with E-state index in [-0.39, 0.29) is 51.3 Å². The van der Waals surface area contributed by atoms with Gasteiger partial charge in [-0.05, 0) is 79.9 Å². The third-order valence-electron chi connectivity index (χ3n) is 11.7. The summed E-state index contributed by atoms with van der Waals surface area (Å²) in [5.41, 5.74) is 1.79. The van der Waals surface area contributed by atoms with Crippen LogP contribution in [0.3, 0.4) is 0 Å². The first kappa shape index (κ1) is 57.8. The van der Waals surface area contributed by atoms with Gasteiger partial charge in [0.05, 0.1) is 58.2 Å². The number of nitrogens with zero attached hydrogens (tertiary/aromatic N) is 5. The Labute approximate surface area is 407 Å². The van der Waals surface area contributed by atoms with E-state index in [0.717, 1.165) is 43.2 Å². The first-order chi connectivity index (χ1) is 32.6. The van der Waals surface area contributed by atoms with Gasteiger partial charge in [0, 0.05) is 63.3 Å². The maximum Gasteiger partial charge on any atom is 0.407 e. The number of nitrogens with one attached hydrogen (secondary N) is 2. The largest absolute Gasteiger partial charge is 0.443 e. The van der Waals surface area contributed by atoms with Crippen molar-refractivity contribution in [3.05, 3.63) is 110 Å². The van der Waals surface area contributed by atoms with Gasteiger partial charge in [0.15, 0.2) is 6.29 Å². The van der Waals surface area contributed by atoms with Crippen LogP contribution in [0, 0.1) is 72.5 Å². The van der Waals surface area contributed by atoms with Crippen LogP contribution < -0.4 is 10.6 Å². The highest BCUT2D eigenvalue weighted by Gasteiger charge is 2.44. The summed E-state index contributed by atoms with van der Waals surface area (Å²) in [6, 6.07) is 25.0. The molecule has 378 valence electrons. The van der Waals surface area contributed by atoms with Crippen LogP contribution >= 0.6 is 0 Å². The molecule has 19 heteroatoms. The molecule has 69 heavy (non-hydrogen) atoms. The zero-order chi connectivity index (χ0) is 51.2. The van der Waals surface area contributed by atoms with Crippen molar-refractivity contribution in [1.82, 2.24) is 14.9 Å². The zero-order valence-electron chi connectivity index (χ0n) is 41.0. The quantitative estimate of drug-likeness (QED) is 0.0457. The third-order valence-corrected chi connectivity index (χ3v) is 13.5. The van der Waals surface area contributed by atoms with Gasteiger partial charge in [-0.15, -0.1) is 0 Å². The van der Waals surface area contributed by atoms with Crippen molar-refractivity contribution in [3.63, 3.8) is 0 Å². The number of hydrogen-bond acceptors (Lipinski definition) is 14. The number of amides is 1. The van der Waals surface area contributed by atoms with Crippen LogP contribution in [0.4, 0.5) is 16.2 Å². The molecule has 3 aromatic rings. The molecule has 2 fully saturated rings. The number of unbranched alkanes of at least 4 members (excludes halogenated alkanes) is 2. The molecule has 2 saturated heterocycles. The Balaban J connectivity index is 0.000000310. The molecule has 2 aliphatic heterocycles. The number of nitriles is 2. The Bertz CT molecular complexity index is 2250. The number of aryl methyl sites for hydroxylation is 1. The van der Waals surface area contributed by atoms with Crippen molar-refractivity contribution in [1.29, 1.82) is 10.5 Å². The number of non-ortho nitro benzene ring substituents is 2. The summed E-state index contributed by atoms with van der Waals surface area (Å²) >= 11 is 0. The smallest absolute Gasteiger partial charge is 0.407 e. The molecule has 3 aromatic carbocycles. The number of nitro benzene ring substituents is 2. The Morgan fingerprint density at radius 3 is 2.01 bits per heavy atom. The second kappa shape index (κ2) is 28.2. The van der Waals surface area contributed by atoms with Gasteiger partial charge >= 0.3 is 6.09 Å². The highest BCUT2D eigenvalue weighted by atomic mass is 32.2. The number of sulfonamides is 1. The number of benzene rings is 3. The molecule has 18 nitrogen and oxygen atoms in total. The van der Waals surface area contributed by atoms with Crippen molar-refractivity contribution < 1.29 is 42.4 Å². The number of ether oxygens (including phenoxy) is 3. The van der Waals surface area contributed by atoms with Crippen molar-refractivity contribution >= 4 is 27.5 Å². The van der Waals surface area contributed by atoms with Gasteiger partial charge in [0.2, 0.25) is 10.0 Å². The van der Waals surface area contributed by atoms with Crippen LogP contribution in [0.5, 0.6) is 0 Å². The maximum atomic E-state index is 13.1. The molecular formula is C50H71N7O11S. The predicted molar refractivity (Wildman–Crippen MR) is 261 cm³/mol. The third kappa shape index (κ3) is 20.5. The lowest BCUT2D eigenvalue weighted by Crippen LogP contribution is -2.50. The van der Waals surface area contributed by atoms with Crippen molar-refractivity contribution in [2.24, 2.45) is 22.7 Å². The van der Waals surface area contributed by atoms with Crippen LogP contribution in [-0.2, 0) is 30.7 Å². The minimum absolute atomic E-state index is 0.0141. The van der Waals surface area contributed by atoms with E-state index < -0.39 is 38.1 Å². The molecule has 0 spiro atoms. The maximum absolute atomic E-state index is 13.1. The molecule has 0 saturated carbocycles. The van der Waals surface area contributed by atoms with Crippen LogP contribution in [0.25, 0.3) is 0 Å². The normalized spacial score (nSPS) is 17.5. The summed E-state index contributed by atoms with van der Waals surface area (Å²) in [6.07, 6.45) is 3.58. The summed E-state index contributed by atoms with van der Waals surface area (Å²) in [5, 5.41) is 55.5. The standard InChI is InChI=1S/C25H37N3O5.C18H27N3O4S.C7H7NO2/c1-25(2,11-6-7-12-26)17-27-15-21(29)20(14-18-8-4-3-5-9-18)28-24(30)33-22-16-32-23-19(22)10-13-31-23;1-15(2)13-20(14-18(3,4)11-5-6-12-19)26(24,25)17-9-7-16(8-10-17)21(22)23;1-6-2-4-7(5-3-6)8(9)10/h3-5,8-9,19-23,27,29H,6-7,10-11,13-17H2,1-2H3,(H,28,30);7-10,15H,5-6,11,13-14H2,1-4H3;2-5H,1H3/t19-,20-,21+,22-,23+;;/m0../s1. The van der Waals surface area contributed by atoms with E-state index in [9.17, 15) is 38.5 Å². The predicted octanol–water partition coefficient (Wildman–Crippen LogP) is 8.62. The molecule has 2 heterocycles. The van der Waals surface area contributed by atoms with E-state index in [1.807, 2.05) is 65.0 Å². The Kier molecular flexibility index (Phi) is 23.6. The molecule has 0 aliphatic carbocycles. The van der Waals surface area contributed by atoms with Gasteiger partial charge in [0.1, 0.15) is 6.10 Å². The Hall–Kier alpha value is -5.54. The molecular weight excluding hydrogens is 907 g/mol. The Morgan fingerprint density at radius 1 is 0.899 bits per heavy atom. The summed E-state index contributed by atoms with van der Waals surface area (Å²) in [7, 11) is -3.76. The van der Waals surface area contributed by atoms with Crippen LogP contribution in [0.1, 0.15) is 97.6 Å². The van der Waals surface area contributed by atoms with E-state index in [4.69, 9.17) is 24.7 Å². The van der Waals surface area contributed by atoms with E-state index in [1.54, 1.807) is 12.1 Å². The summed E-state index contributed by atoms with van der Waals surface area (Å²) < 4.78 is 44.3. The number of nitro groups is 2. The highest BCUT2D eigenvalue weighted by Crippen LogP contribution is 2.33. The molecule has 5 rings (SSSR count). The Morgan fingerprint density at radius 2 is 1.46 bits per heavy atom. The molecule has 0 unspecified atom stereocenters. The van der Waals surface area contributed by atoms with Crippen molar-refractivity contribution in [2.45, 2.75) is 129 Å². The van der Waals surface area contributed by atoms with Gasteiger partial charge < -0.3 is 30.0 Å². The van der Waals surface area contributed by atoms with Gasteiger partial charge in [0.25, 0.3) is 11.4 Å². The molecule has 0 radical (unpaired) electrons. The van der Waals surface area contributed by atoms with Gasteiger partial charge in [-0.2, -0.15) is 14.8 Å². The minimum Gasteiger partial charge on any atom is -0.443 e. The molecule has 0 bridgehead atoms. The first-order valence-corrected chi connectivity index (χ1v) is 24.8. The summed E-state index contributed by atoms with van der Waals surface area (Å²) in [4.78, 5) is 32.7. The number of aliphatic hydroxyl groups excluding tert-OH is 1. The van der Waals surface area contributed by atoms with Crippen LogP contribution in [-0.4, -0.2) is 97.7 Å². The van der Waals surface area contributed by atoms with E-state index in [0.29, 0.717) is 58.7 Å². The zero-order valence-corrected chi connectivity index (χ0v) is 41.9. The van der Waals surface area contributed by atoms with Crippen molar-refractivity contribution in [3.8, 4) is 12.1 Å². The number of rotatable bonds is 23. The monoisotopic (exact) mass is 977 g/mol. The molecule has 3 N–H and O–H groups in total. The fourth-order valence-corrected chi connectivity index (χ4v) is 9.66. The fourth-order valence-electron chi connectivity index (χ4n) is 7.87. The van der Waals surface area contributed by atoms with E-state index in [2.05, 4.69) is 36.6 Å². The van der Waals surface area contributed by atoms with Crippen molar-refractivity contribution in [2.75, 3.05) is 39.4 Å².